The molecule has 6 nitrogen and oxygen atoms in total. The van der Waals surface area contributed by atoms with Crippen molar-refractivity contribution in [3.05, 3.63) is 29.3 Å². The number of fused-ring (bicyclic) bond motifs is 1. The Bertz CT molecular complexity index is 934. The highest BCUT2D eigenvalue weighted by Gasteiger charge is 2.68. The minimum absolute atomic E-state index is 0.0469. The van der Waals surface area contributed by atoms with Crippen molar-refractivity contribution in [3.63, 3.8) is 0 Å². The Morgan fingerprint density at radius 2 is 1.97 bits per heavy atom. The predicted octanol–water partition coefficient (Wildman–Crippen LogP) is 3.42. The van der Waals surface area contributed by atoms with Gasteiger partial charge in [-0.25, -0.2) is 0 Å². The van der Waals surface area contributed by atoms with Crippen LogP contribution in [-0.2, 0) is 15.1 Å². The van der Waals surface area contributed by atoms with Crippen LogP contribution in [0.15, 0.2) is 18.2 Å². The van der Waals surface area contributed by atoms with Gasteiger partial charge in [0.2, 0.25) is 0 Å². The van der Waals surface area contributed by atoms with Crippen LogP contribution in [0.25, 0.3) is 5.57 Å². The molecular weight excluding hydrogens is 398 g/mol. The Labute approximate surface area is 179 Å². The summed E-state index contributed by atoms with van der Waals surface area (Å²) in [4.78, 5) is 27.1. The van der Waals surface area contributed by atoms with Gasteiger partial charge in [-0.15, -0.1) is 0 Å². The van der Waals surface area contributed by atoms with Gasteiger partial charge < -0.3 is 19.4 Å². The summed E-state index contributed by atoms with van der Waals surface area (Å²) in [5.41, 5.74) is 1.92. The molecule has 0 unspecified atom stereocenters. The Morgan fingerprint density at radius 3 is 2.53 bits per heavy atom. The van der Waals surface area contributed by atoms with Gasteiger partial charge in [0, 0.05) is 29.2 Å². The van der Waals surface area contributed by atoms with E-state index in [1.54, 1.807) is 7.11 Å². The Morgan fingerprint density at radius 1 is 1.30 bits per heavy atom. The van der Waals surface area contributed by atoms with Gasteiger partial charge in [0.15, 0.2) is 13.9 Å². The third-order valence-corrected chi connectivity index (χ3v) is 9.68. The van der Waals surface area contributed by atoms with Crippen molar-refractivity contribution in [1.82, 2.24) is 0 Å². The molecule has 164 valence electrons. The van der Waals surface area contributed by atoms with E-state index in [1.165, 1.54) is 0 Å². The monoisotopic (exact) mass is 431 g/mol. The molecule has 3 heterocycles. The molecule has 7 heteroatoms. The van der Waals surface area contributed by atoms with E-state index in [1.807, 2.05) is 50.9 Å². The molecule has 1 aromatic rings. The second-order valence-corrected chi connectivity index (χ2v) is 14.0. The quantitative estimate of drug-likeness (QED) is 0.714. The van der Waals surface area contributed by atoms with Gasteiger partial charge in [0.05, 0.1) is 24.4 Å². The SMILES string of the molecule is COc1cc2c3c(c1)[C@]1(O[C@@H](CCO)[C@H]([Si](C)(C)O)[C@H]1C)C(=O)N3C(C)(C)C=C2C. The maximum Gasteiger partial charge on any atom is 0.265 e. The normalized spacial score (nSPS) is 31.9. The largest absolute Gasteiger partial charge is 0.497 e. The molecule has 1 aromatic carbocycles. The highest BCUT2D eigenvalue weighted by atomic mass is 28.4. The Kier molecular flexibility index (Phi) is 4.79. The molecule has 0 aliphatic carbocycles. The zero-order valence-corrected chi connectivity index (χ0v) is 19.9. The van der Waals surface area contributed by atoms with Gasteiger partial charge in [-0.3, -0.25) is 9.69 Å². The summed E-state index contributed by atoms with van der Waals surface area (Å²) in [6.45, 7) is 11.9. The lowest BCUT2D eigenvalue weighted by Gasteiger charge is -2.39. The van der Waals surface area contributed by atoms with Gasteiger partial charge >= 0.3 is 0 Å². The number of carbonyl (C=O) groups is 1. The lowest BCUT2D eigenvalue weighted by Crippen LogP contribution is -2.53. The fraction of sp³-hybridized carbons (Fsp3) is 0.609. The summed E-state index contributed by atoms with van der Waals surface area (Å²) in [5, 5.41) is 9.67. The Hall–Kier alpha value is -1.67. The van der Waals surface area contributed by atoms with Crippen molar-refractivity contribution in [3.8, 4) is 5.75 Å². The lowest BCUT2D eigenvalue weighted by atomic mass is 9.81. The van der Waals surface area contributed by atoms with Crippen molar-refractivity contribution >= 4 is 25.5 Å². The number of aliphatic hydroxyl groups is 1. The molecule has 0 bridgehead atoms. The number of methoxy groups -OCH3 is 1. The Balaban J connectivity index is 2.00. The first-order valence-electron chi connectivity index (χ1n) is 10.7. The van der Waals surface area contributed by atoms with E-state index in [-0.39, 0.29) is 30.1 Å². The average Bonchev–Trinajstić information content (AvgIpc) is 3.06. The summed E-state index contributed by atoms with van der Waals surface area (Å²) in [5.74, 6) is 0.367. The van der Waals surface area contributed by atoms with Crippen LogP contribution in [0.1, 0.15) is 45.2 Å². The summed E-state index contributed by atoms with van der Waals surface area (Å²) in [7, 11) is -1.06. The summed E-state index contributed by atoms with van der Waals surface area (Å²) in [6.07, 6.45) is 2.14. The van der Waals surface area contributed by atoms with Crippen LogP contribution in [0.3, 0.4) is 0 Å². The molecule has 2 N–H and O–H groups in total. The number of nitrogens with zero attached hydrogens (tertiary/aromatic N) is 1. The van der Waals surface area contributed by atoms with Crippen LogP contribution >= 0.6 is 0 Å². The number of carbonyl (C=O) groups excluding carboxylic acids is 1. The van der Waals surface area contributed by atoms with Crippen molar-refractivity contribution in [1.29, 1.82) is 0 Å². The number of hydrogen-bond donors (Lipinski definition) is 2. The van der Waals surface area contributed by atoms with E-state index < -0.39 is 19.5 Å². The molecule has 3 aliphatic rings. The number of amides is 1. The molecule has 30 heavy (non-hydrogen) atoms. The van der Waals surface area contributed by atoms with E-state index in [0.29, 0.717) is 12.2 Å². The first-order chi connectivity index (χ1) is 13.9. The van der Waals surface area contributed by atoms with Crippen LogP contribution in [-0.4, -0.2) is 49.5 Å². The number of rotatable bonds is 4. The van der Waals surface area contributed by atoms with Crippen LogP contribution < -0.4 is 9.64 Å². The number of allylic oxidation sites excluding steroid dienone is 1. The fourth-order valence-electron chi connectivity index (χ4n) is 6.14. The lowest BCUT2D eigenvalue weighted by molar-refractivity contribution is -0.147. The number of ether oxygens (including phenoxy) is 2. The standard InChI is InChI=1S/C23H33NO5Si/c1-13-12-22(3,4)24-19-16(13)10-15(28-5)11-17(19)23(21(24)26)14(2)20(30(6,7)27)18(29-23)8-9-25/h10-12,14,18,20,25,27H,8-9H2,1-7H3/t14-,18+,20-,23+/m1/s1. The van der Waals surface area contributed by atoms with Crippen LogP contribution in [0.2, 0.25) is 18.6 Å². The summed E-state index contributed by atoms with van der Waals surface area (Å²) >= 11 is 0. The molecule has 0 radical (unpaired) electrons. The average molecular weight is 432 g/mol. The zero-order valence-electron chi connectivity index (χ0n) is 18.9. The van der Waals surface area contributed by atoms with E-state index in [0.717, 1.165) is 22.4 Å². The fourth-order valence-corrected chi connectivity index (χ4v) is 8.74. The van der Waals surface area contributed by atoms with Crippen molar-refractivity contribution in [2.75, 3.05) is 18.6 Å². The van der Waals surface area contributed by atoms with Gasteiger partial charge in [-0.05, 0) is 58.0 Å². The summed E-state index contributed by atoms with van der Waals surface area (Å²) < 4.78 is 12.2. The molecule has 4 atom stereocenters. The number of hydrogen-bond acceptors (Lipinski definition) is 5. The van der Waals surface area contributed by atoms with Gasteiger partial charge in [0.25, 0.3) is 5.91 Å². The molecule has 3 aliphatic heterocycles. The van der Waals surface area contributed by atoms with Crippen molar-refractivity contribution in [2.24, 2.45) is 5.92 Å². The van der Waals surface area contributed by atoms with Crippen LogP contribution in [0.4, 0.5) is 5.69 Å². The molecule has 1 amide bonds. The smallest absolute Gasteiger partial charge is 0.265 e. The molecule has 4 rings (SSSR count). The third kappa shape index (κ3) is 2.68. The molecule has 0 saturated carbocycles. The van der Waals surface area contributed by atoms with Crippen molar-refractivity contribution in [2.45, 2.75) is 70.0 Å². The maximum atomic E-state index is 14.2. The number of aliphatic hydroxyl groups excluding tert-OH is 1. The topological polar surface area (TPSA) is 79.2 Å². The molecule has 1 spiro atoms. The minimum atomic E-state index is -2.68. The van der Waals surface area contributed by atoms with Gasteiger partial charge in [-0.1, -0.05) is 13.0 Å². The highest BCUT2D eigenvalue weighted by Crippen LogP contribution is 2.63. The minimum Gasteiger partial charge on any atom is -0.497 e. The molecule has 0 aromatic heterocycles. The first-order valence-corrected chi connectivity index (χ1v) is 13.7. The van der Waals surface area contributed by atoms with Gasteiger partial charge in [0.1, 0.15) is 5.75 Å². The second-order valence-electron chi connectivity index (χ2n) is 10.1. The van der Waals surface area contributed by atoms with E-state index >= 15 is 0 Å². The molecule has 1 fully saturated rings. The van der Waals surface area contributed by atoms with Crippen LogP contribution in [0.5, 0.6) is 5.75 Å². The molecule has 1 saturated heterocycles. The zero-order chi connectivity index (χ0) is 22.2. The van der Waals surface area contributed by atoms with E-state index in [2.05, 4.69) is 13.0 Å². The highest BCUT2D eigenvalue weighted by molar-refractivity contribution is 6.71. The number of anilines is 1. The summed E-state index contributed by atoms with van der Waals surface area (Å²) in [6, 6.07) is 3.90. The predicted molar refractivity (Wildman–Crippen MR) is 119 cm³/mol. The van der Waals surface area contributed by atoms with E-state index in [4.69, 9.17) is 9.47 Å². The number of benzene rings is 1. The van der Waals surface area contributed by atoms with Crippen LogP contribution in [0, 0.1) is 5.92 Å². The van der Waals surface area contributed by atoms with Crippen molar-refractivity contribution < 1.29 is 24.2 Å². The second kappa shape index (κ2) is 6.66. The third-order valence-electron chi connectivity index (χ3n) is 7.18. The first kappa shape index (κ1) is 21.6. The molecular formula is C23H33NO5Si. The van der Waals surface area contributed by atoms with E-state index in [9.17, 15) is 14.7 Å². The maximum absolute atomic E-state index is 14.2. The van der Waals surface area contributed by atoms with Gasteiger partial charge in [-0.2, -0.15) is 0 Å².